The minimum absolute atomic E-state index is 0.179. The number of hydrogen-bond donors (Lipinski definition) is 2. The molecule has 9 nitrogen and oxygen atoms in total. The highest BCUT2D eigenvalue weighted by Gasteiger charge is 2.39. The van der Waals surface area contributed by atoms with Gasteiger partial charge >= 0.3 is 6.09 Å². The first-order valence-corrected chi connectivity index (χ1v) is 10.6. The van der Waals surface area contributed by atoms with Gasteiger partial charge in [-0.05, 0) is 51.7 Å². The second-order valence-electron chi connectivity index (χ2n) is 9.29. The summed E-state index contributed by atoms with van der Waals surface area (Å²) in [4.78, 5) is 45.9. The number of carbonyl (C=O) groups is 3. The van der Waals surface area contributed by atoms with Crippen molar-refractivity contribution in [1.82, 2.24) is 15.2 Å². The number of nitrogens with two attached hydrogens (primary N) is 1. The van der Waals surface area contributed by atoms with Gasteiger partial charge in [-0.1, -0.05) is 19.9 Å². The van der Waals surface area contributed by atoms with Gasteiger partial charge in [0.25, 0.3) is 5.91 Å². The van der Waals surface area contributed by atoms with Crippen LogP contribution in [0.25, 0.3) is 0 Å². The Bertz CT molecular complexity index is 820. The number of amides is 3. The number of nitrogens with one attached hydrogen (secondary N) is 1. The summed E-state index contributed by atoms with van der Waals surface area (Å²) < 4.78 is 5.33. The van der Waals surface area contributed by atoms with E-state index in [1.54, 1.807) is 38.8 Å². The van der Waals surface area contributed by atoms with Gasteiger partial charge in [0.1, 0.15) is 23.5 Å². The van der Waals surface area contributed by atoms with E-state index < -0.39 is 29.7 Å². The van der Waals surface area contributed by atoms with E-state index >= 15 is 0 Å². The summed E-state index contributed by atoms with van der Waals surface area (Å²) in [5.74, 6) is -0.294. The number of anilines is 1. The van der Waals surface area contributed by atoms with Gasteiger partial charge in [0.2, 0.25) is 5.91 Å². The molecule has 3 N–H and O–H groups in total. The van der Waals surface area contributed by atoms with Crippen LogP contribution >= 0.6 is 0 Å². The van der Waals surface area contributed by atoms with E-state index in [1.807, 2.05) is 26.0 Å². The van der Waals surface area contributed by atoms with Crippen molar-refractivity contribution < 1.29 is 19.1 Å². The maximum atomic E-state index is 13.5. The fourth-order valence-electron chi connectivity index (χ4n) is 3.40. The average Bonchev–Trinajstić information content (AvgIpc) is 3.07. The first-order valence-electron chi connectivity index (χ1n) is 10.6. The van der Waals surface area contributed by atoms with E-state index in [0.29, 0.717) is 18.8 Å². The van der Waals surface area contributed by atoms with Crippen LogP contribution in [-0.2, 0) is 20.7 Å². The monoisotopic (exact) mass is 433 g/mol. The van der Waals surface area contributed by atoms with Crippen molar-refractivity contribution in [2.75, 3.05) is 18.5 Å². The molecule has 3 atom stereocenters. The summed E-state index contributed by atoms with van der Waals surface area (Å²) in [5.41, 5.74) is 6.20. The Balaban J connectivity index is 2.18. The molecule has 2 rings (SSSR count). The molecule has 0 bridgehead atoms. The quantitative estimate of drug-likeness (QED) is 0.705. The Morgan fingerprint density at radius 2 is 1.97 bits per heavy atom. The SMILES string of the molecule is CC(C)[C@H](NC(=O)[C@H](C)N(C)C(=O)OC(C)(C)C)C(=O)N1c2ncccc2C[C@H]1CN. The maximum absolute atomic E-state index is 13.5. The second-order valence-corrected chi connectivity index (χ2v) is 9.29. The summed E-state index contributed by atoms with van der Waals surface area (Å²) in [6, 6.07) is 1.94. The Kier molecular flexibility index (Phi) is 7.64. The molecule has 0 aliphatic carbocycles. The van der Waals surface area contributed by atoms with Gasteiger partial charge in [0.05, 0.1) is 6.04 Å². The third-order valence-corrected chi connectivity index (χ3v) is 5.30. The number of pyridine rings is 1. The van der Waals surface area contributed by atoms with E-state index in [1.165, 1.54) is 11.9 Å². The van der Waals surface area contributed by atoms with Crippen LogP contribution in [-0.4, -0.2) is 65.1 Å². The van der Waals surface area contributed by atoms with E-state index in [9.17, 15) is 14.4 Å². The Morgan fingerprint density at radius 3 is 2.52 bits per heavy atom. The molecule has 0 saturated heterocycles. The molecule has 31 heavy (non-hydrogen) atoms. The topological polar surface area (TPSA) is 118 Å². The first kappa shape index (κ1) is 24.6. The normalized spacial score (nSPS) is 17.7. The predicted octanol–water partition coefficient (Wildman–Crippen LogP) is 1.69. The van der Waals surface area contributed by atoms with Crippen LogP contribution in [0.2, 0.25) is 0 Å². The Hall–Kier alpha value is -2.68. The molecule has 3 amide bonds. The molecule has 1 aliphatic heterocycles. The molecular weight excluding hydrogens is 398 g/mol. The van der Waals surface area contributed by atoms with Gasteiger partial charge in [-0.15, -0.1) is 0 Å². The van der Waals surface area contributed by atoms with Gasteiger partial charge in [-0.25, -0.2) is 9.78 Å². The number of fused-ring (bicyclic) bond motifs is 1. The fraction of sp³-hybridized carbons (Fsp3) is 0.636. The van der Waals surface area contributed by atoms with Crippen LogP contribution in [0.15, 0.2) is 18.3 Å². The van der Waals surface area contributed by atoms with Crippen LogP contribution < -0.4 is 16.0 Å². The number of likely N-dealkylation sites (N-methyl/N-ethyl adjacent to an activating group) is 1. The highest BCUT2D eigenvalue weighted by atomic mass is 16.6. The Morgan fingerprint density at radius 1 is 1.32 bits per heavy atom. The lowest BCUT2D eigenvalue weighted by atomic mass is 10.0. The second kappa shape index (κ2) is 9.64. The molecular formula is C22H35N5O4. The van der Waals surface area contributed by atoms with Crippen LogP contribution in [0.5, 0.6) is 0 Å². The minimum atomic E-state index is -0.821. The van der Waals surface area contributed by atoms with Crippen molar-refractivity contribution in [2.24, 2.45) is 11.7 Å². The number of hydrogen-bond acceptors (Lipinski definition) is 6. The van der Waals surface area contributed by atoms with Crippen molar-refractivity contribution in [1.29, 1.82) is 0 Å². The lowest BCUT2D eigenvalue weighted by Gasteiger charge is -2.32. The number of carbonyl (C=O) groups excluding carboxylic acids is 3. The molecule has 0 fully saturated rings. The molecule has 9 heteroatoms. The molecule has 1 aromatic heterocycles. The largest absolute Gasteiger partial charge is 0.444 e. The van der Waals surface area contributed by atoms with Crippen molar-refractivity contribution in [3.8, 4) is 0 Å². The van der Waals surface area contributed by atoms with E-state index in [2.05, 4.69) is 10.3 Å². The van der Waals surface area contributed by atoms with Crippen LogP contribution in [0.1, 0.15) is 47.1 Å². The molecule has 0 unspecified atom stereocenters. The standard InChI is InChI=1S/C22H35N5O4/c1-13(2)17(25-19(28)14(3)26(7)21(30)31-22(4,5)6)20(29)27-16(12-23)11-15-9-8-10-24-18(15)27/h8-10,13-14,16-17H,11-12,23H2,1-7H3,(H,25,28)/t14-,16-,17-/m0/s1. The smallest absolute Gasteiger partial charge is 0.410 e. The predicted molar refractivity (Wildman–Crippen MR) is 118 cm³/mol. The molecule has 1 aliphatic rings. The summed E-state index contributed by atoms with van der Waals surface area (Å²) in [6.45, 7) is 10.9. The summed E-state index contributed by atoms with van der Waals surface area (Å²) in [5, 5.41) is 2.82. The van der Waals surface area contributed by atoms with Crippen LogP contribution in [0.3, 0.4) is 0 Å². The summed E-state index contributed by atoms with van der Waals surface area (Å²) in [7, 11) is 1.50. The van der Waals surface area contributed by atoms with Crippen molar-refractivity contribution in [3.05, 3.63) is 23.9 Å². The molecule has 2 heterocycles. The minimum Gasteiger partial charge on any atom is -0.444 e. The zero-order chi connectivity index (χ0) is 23.5. The molecule has 0 radical (unpaired) electrons. The molecule has 0 saturated carbocycles. The molecule has 1 aromatic rings. The lowest BCUT2D eigenvalue weighted by Crippen LogP contribution is -2.58. The lowest BCUT2D eigenvalue weighted by molar-refractivity contribution is -0.131. The van der Waals surface area contributed by atoms with Crippen molar-refractivity contribution in [3.63, 3.8) is 0 Å². The summed E-state index contributed by atoms with van der Waals surface area (Å²) in [6.07, 6.45) is 1.66. The van der Waals surface area contributed by atoms with Crippen LogP contribution in [0.4, 0.5) is 10.6 Å². The van der Waals surface area contributed by atoms with E-state index in [-0.39, 0.29) is 17.9 Å². The number of nitrogens with zero attached hydrogens (tertiary/aromatic N) is 3. The van der Waals surface area contributed by atoms with Crippen molar-refractivity contribution in [2.45, 2.75) is 71.7 Å². The van der Waals surface area contributed by atoms with Crippen molar-refractivity contribution >= 4 is 23.7 Å². The Labute approximate surface area is 184 Å². The first-order chi connectivity index (χ1) is 14.4. The molecule has 0 spiro atoms. The molecule has 172 valence electrons. The molecule has 0 aromatic carbocycles. The summed E-state index contributed by atoms with van der Waals surface area (Å²) >= 11 is 0. The van der Waals surface area contributed by atoms with Gasteiger partial charge in [0.15, 0.2) is 0 Å². The number of rotatable bonds is 6. The van der Waals surface area contributed by atoms with Gasteiger partial charge in [-0.2, -0.15) is 0 Å². The number of aromatic nitrogens is 1. The van der Waals surface area contributed by atoms with Crippen LogP contribution in [0, 0.1) is 5.92 Å². The van der Waals surface area contributed by atoms with Gasteiger partial charge < -0.3 is 15.8 Å². The third kappa shape index (κ3) is 5.72. The zero-order valence-corrected chi connectivity index (χ0v) is 19.5. The number of ether oxygens (including phenoxy) is 1. The zero-order valence-electron chi connectivity index (χ0n) is 19.5. The average molecular weight is 434 g/mol. The van der Waals surface area contributed by atoms with Gasteiger partial charge in [-0.3, -0.25) is 19.4 Å². The highest BCUT2D eigenvalue weighted by molar-refractivity contribution is 6.01. The van der Waals surface area contributed by atoms with E-state index in [0.717, 1.165) is 5.56 Å². The maximum Gasteiger partial charge on any atom is 0.410 e. The highest BCUT2D eigenvalue weighted by Crippen LogP contribution is 2.30. The van der Waals surface area contributed by atoms with Gasteiger partial charge in [0, 0.05) is 19.8 Å². The fourth-order valence-corrected chi connectivity index (χ4v) is 3.40. The third-order valence-electron chi connectivity index (χ3n) is 5.30. The van der Waals surface area contributed by atoms with E-state index in [4.69, 9.17) is 10.5 Å².